The lowest BCUT2D eigenvalue weighted by molar-refractivity contribution is 0.256. The molecule has 0 unspecified atom stereocenters. The van der Waals surface area contributed by atoms with E-state index in [-0.39, 0.29) is 11.4 Å². The summed E-state index contributed by atoms with van der Waals surface area (Å²) in [5.74, 6) is 0. The van der Waals surface area contributed by atoms with Crippen LogP contribution >= 0.6 is 0 Å². The maximum absolute atomic E-state index is 13.2. The van der Waals surface area contributed by atoms with E-state index in [0.717, 1.165) is 22.7 Å². The minimum absolute atomic E-state index is 0.0711. The van der Waals surface area contributed by atoms with Gasteiger partial charge in [-0.3, -0.25) is 4.90 Å². The van der Waals surface area contributed by atoms with Crippen LogP contribution in [0.1, 0.15) is 32.0 Å². The normalized spacial score (nSPS) is 11.4. The molecule has 0 radical (unpaired) electrons. The third kappa shape index (κ3) is 4.20. The molecule has 152 valence electrons. The van der Waals surface area contributed by atoms with Crippen LogP contribution in [-0.2, 0) is 12.0 Å². The lowest BCUT2D eigenvalue weighted by Gasteiger charge is -2.24. The van der Waals surface area contributed by atoms with E-state index in [1.807, 2.05) is 77.5 Å². The second kappa shape index (κ2) is 8.03. The van der Waals surface area contributed by atoms with Crippen LogP contribution < -0.4 is 10.2 Å². The van der Waals surface area contributed by atoms with Gasteiger partial charge >= 0.3 is 6.03 Å². The zero-order chi connectivity index (χ0) is 21.1. The quantitative estimate of drug-likeness (QED) is 0.467. The van der Waals surface area contributed by atoms with Crippen molar-refractivity contribution >= 4 is 23.1 Å². The van der Waals surface area contributed by atoms with Crippen molar-refractivity contribution in [1.82, 2.24) is 9.38 Å². The van der Waals surface area contributed by atoms with Crippen molar-refractivity contribution in [1.29, 1.82) is 0 Å². The molecule has 2 aromatic heterocycles. The van der Waals surface area contributed by atoms with Gasteiger partial charge in [-0.15, -0.1) is 0 Å². The van der Waals surface area contributed by atoms with E-state index < -0.39 is 0 Å². The summed E-state index contributed by atoms with van der Waals surface area (Å²) >= 11 is 0. The molecule has 5 nitrogen and oxygen atoms in total. The van der Waals surface area contributed by atoms with E-state index in [1.165, 1.54) is 5.56 Å². The fourth-order valence-electron chi connectivity index (χ4n) is 3.40. The summed E-state index contributed by atoms with van der Waals surface area (Å²) in [6.45, 7) is 6.93. The highest BCUT2D eigenvalue weighted by Gasteiger charge is 2.19. The number of nitrogens with zero attached hydrogens (tertiary/aromatic N) is 3. The predicted molar refractivity (Wildman–Crippen MR) is 122 cm³/mol. The van der Waals surface area contributed by atoms with Gasteiger partial charge in [0.2, 0.25) is 0 Å². The Bertz CT molecular complexity index is 1140. The number of aromatic nitrogens is 2. The average molecular weight is 399 g/mol. The molecule has 4 rings (SSSR count). The molecule has 5 heteroatoms. The smallest absolute Gasteiger partial charge is 0.308 e. The molecule has 1 N–H and O–H groups in total. The molecule has 0 bridgehead atoms. The molecule has 0 aliphatic heterocycles. The van der Waals surface area contributed by atoms with Crippen LogP contribution in [0, 0.1) is 0 Å². The Kier molecular flexibility index (Phi) is 5.27. The number of rotatable bonds is 4. The first-order valence-corrected chi connectivity index (χ1v) is 10.1. The first-order valence-electron chi connectivity index (χ1n) is 10.1. The Hall–Kier alpha value is -3.60. The van der Waals surface area contributed by atoms with E-state index in [9.17, 15) is 4.79 Å². The van der Waals surface area contributed by atoms with Crippen molar-refractivity contribution in [2.75, 3.05) is 10.2 Å². The first-order chi connectivity index (χ1) is 14.4. The molecule has 0 saturated heterocycles. The number of hydrogen-bond acceptors (Lipinski definition) is 2. The Morgan fingerprint density at radius 3 is 2.37 bits per heavy atom. The molecule has 2 aromatic carbocycles. The van der Waals surface area contributed by atoms with Crippen molar-refractivity contribution in [3.05, 3.63) is 96.4 Å². The number of nitrogens with one attached hydrogen (secondary N) is 1. The average Bonchev–Trinajstić information content (AvgIpc) is 3.15. The molecule has 0 saturated carbocycles. The highest BCUT2D eigenvalue weighted by Crippen LogP contribution is 2.24. The number of carbonyl (C=O) groups is 1. The van der Waals surface area contributed by atoms with E-state index >= 15 is 0 Å². The third-order valence-corrected chi connectivity index (χ3v) is 5.13. The molecular formula is C25H26N4O. The number of hydrogen-bond donors (Lipinski definition) is 1. The number of carbonyl (C=O) groups excluding carboxylic acids is 1. The van der Waals surface area contributed by atoms with Crippen LogP contribution in [0.5, 0.6) is 0 Å². The van der Waals surface area contributed by atoms with Crippen LogP contribution in [-0.4, -0.2) is 15.4 Å². The Morgan fingerprint density at radius 2 is 1.67 bits per heavy atom. The topological polar surface area (TPSA) is 49.6 Å². The van der Waals surface area contributed by atoms with Gasteiger partial charge in [-0.25, -0.2) is 9.78 Å². The molecule has 0 fully saturated rings. The maximum atomic E-state index is 13.2. The second-order valence-electron chi connectivity index (χ2n) is 8.36. The van der Waals surface area contributed by atoms with Gasteiger partial charge in [0.25, 0.3) is 0 Å². The van der Waals surface area contributed by atoms with Crippen LogP contribution in [0.15, 0.2) is 85.2 Å². The zero-order valence-corrected chi connectivity index (χ0v) is 17.5. The fraction of sp³-hybridized carbons (Fsp3) is 0.200. The minimum Gasteiger partial charge on any atom is -0.308 e. The van der Waals surface area contributed by atoms with Crippen LogP contribution in [0.25, 0.3) is 5.65 Å². The number of amides is 2. The van der Waals surface area contributed by atoms with Crippen molar-refractivity contribution < 1.29 is 4.79 Å². The van der Waals surface area contributed by atoms with Crippen LogP contribution in [0.2, 0.25) is 0 Å². The molecule has 0 spiro atoms. The predicted octanol–water partition coefficient (Wildman–Crippen LogP) is 5.87. The third-order valence-electron chi connectivity index (χ3n) is 5.13. The molecule has 30 heavy (non-hydrogen) atoms. The van der Waals surface area contributed by atoms with Crippen molar-refractivity contribution in [2.45, 2.75) is 32.7 Å². The van der Waals surface area contributed by atoms with Gasteiger partial charge in [0.1, 0.15) is 5.65 Å². The van der Waals surface area contributed by atoms with E-state index in [0.29, 0.717) is 6.54 Å². The molecular weight excluding hydrogens is 372 g/mol. The van der Waals surface area contributed by atoms with Gasteiger partial charge in [0.15, 0.2) is 0 Å². The highest BCUT2D eigenvalue weighted by molar-refractivity contribution is 6.01. The van der Waals surface area contributed by atoms with Crippen LogP contribution in [0.4, 0.5) is 16.2 Å². The summed E-state index contributed by atoms with van der Waals surface area (Å²) in [6, 6.07) is 23.4. The first kappa shape index (κ1) is 19.7. The van der Waals surface area contributed by atoms with Gasteiger partial charge in [-0.2, -0.15) is 0 Å². The number of fused-ring (bicyclic) bond motifs is 1. The van der Waals surface area contributed by atoms with E-state index in [1.54, 1.807) is 4.90 Å². The molecule has 4 aromatic rings. The van der Waals surface area contributed by atoms with Crippen molar-refractivity contribution in [2.24, 2.45) is 0 Å². The number of pyridine rings is 1. The summed E-state index contributed by atoms with van der Waals surface area (Å²) in [4.78, 5) is 19.4. The standard InChI is InChI=1S/C25H26N4O/c1-25(2,3)19-12-14-20(15-13-19)27-24(30)29(21-9-5-4-6-10-21)18-22-17-26-23-11-7-8-16-28(22)23/h4-17H,18H2,1-3H3,(H,27,30). The van der Waals surface area contributed by atoms with Crippen LogP contribution in [0.3, 0.4) is 0 Å². The number of anilines is 2. The minimum atomic E-state index is -0.185. The molecule has 0 aliphatic carbocycles. The number of benzene rings is 2. The van der Waals surface area contributed by atoms with E-state index in [2.05, 4.69) is 43.2 Å². The molecule has 0 atom stereocenters. The SMILES string of the molecule is CC(C)(C)c1ccc(NC(=O)N(Cc2cnc3ccccn23)c2ccccc2)cc1. The highest BCUT2D eigenvalue weighted by atomic mass is 16.2. The Morgan fingerprint density at radius 1 is 0.967 bits per heavy atom. The molecule has 2 heterocycles. The summed E-state index contributed by atoms with van der Waals surface area (Å²) < 4.78 is 2.00. The maximum Gasteiger partial charge on any atom is 0.326 e. The van der Waals surface area contributed by atoms with Gasteiger partial charge in [0.05, 0.1) is 18.4 Å². The second-order valence-corrected chi connectivity index (χ2v) is 8.36. The largest absolute Gasteiger partial charge is 0.326 e. The monoisotopic (exact) mass is 398 g/mol. The lowest BCUT2D eigenvalue weighted by Crippen LogP contribution is -2.34. The molecule has 2 amide bonds. The molecule has 0 aliphatic rings. The lowest BCUT2D eigenvalue weighted by atomic mass is 9.87. The number of para-hydroxylation sites is 1. The van der Waals surface area contributed by atoms with Gasteiger partial charge in [0, 0.05) is 17.6 Å². The summed E-state index contributed by atoms with van der Waals surface area (Å²) in [5, 5.41) is 3.04. The Labute approximate surface area is 177 Å². The van der Waals surface area contributed by atoms with Crippen molar-refractivity contribution in [3.8, 4) is 0 Å². The fourth-order valence-corrected chi connectivity index (χ4v) is 3.40. The van der Waals surface area contributed by atoms with Gasteiger partial charge in [-0.05, 0) is 47.4 Å². The van der Waals surface area contributed by atoms with Gasteiger partial charge in [-0.1, -0.05) is 57.2 Å². The number of urea groups is 1. The van der Waals surface area contributed by atoms with E-state index in [4.69, 9.17) is 0 Å². The van der Waals surface area contributed by atoms with Gasteiger partial charge < -0.3 is 9.72 Å². The Balaban J connectivity index is 1.60. The number of imidazole rings is 1. The summed E-state index contributed by atoms with van der Waals surface area (Å²) in [6.07, 6.45) is 3.78. The summed E-state index contributed by atoms with van der Waals surface area (Å²) in [7, 11) is 0. The summed E-state index contributed by atoms with van der Waals surface area (Å²) in [5.41, 5.74) is 4.69. The zero-order valence-electron chi connectivity index (χ0n) is 17.5. The van der Waals surface area contributed by atoms with Crippen molar-refractivity contribution in [3.63, 3.8) is 0 Å².